The van der Waals surface area contributed by atoms with Gasteiger partial charge in [0.15, 0.2) is 0 Å². The van der Waals surface area contributed by atoms with Crippen molar-refractivity contribution in [3.63, 3.8) is 0 Å². The summed E-state index contributed by atoms with van der Waals surface area (Å²) in [6.07, 6.45) is 13.5. The predicted octanol–water partition coefficient (Wildman–Crippen LogP) is 5.06. The average Bonchev–Trinajstić information content (AvgIpc) is 3.24. The van der Waals surface area contributed by atoms with Crippen molar-refractivity contribution in [1.29, 1.82) is 0 Å². The highest BCUT2D eigenvalue weighted by molar-refractivity contribution is 5.98. The molecule has 1 atom stereocenters. The summed E-state index contributed by atoms with van der Waals surface area (Å²) in [6, 6.07) is 2.06. The van der Waals surface area contributed by atoms with Crippen molar-refractivity contribution in [2.24, 2.45) is 11.8 Å². The number of fused-ring (bicyclic) bond motifs is 2. The monoisotopic (exact) mass is 457 g/mol. The van der Waals surface area contributed by atoms with Crippen LogP contribution >= 0.6 is 0 Å². The molecule has 0 bridgehead atoms. The maximum atomic E-state index is 13.6. The van der Waals surface area contributed by atoms with E-state index in [4.69, 9.17) is 5.10 Å². The molecule has 6 heteroatoms. The number of carbonyl (C=O) groups is 1. The zero-order chi connectivity index (χ0) is 24.0. The van der Waals surface area contributed by atoms with Gasteiger partial charge in [-0.2, -0.15) is 5.10 Å². The third-order valence-corrected chi connectivity index (χ3v) is 7.60. The van der Waals surface area contributed by atoms with E-state index < -0.39 is 0 Å². The highest BCUT2D eigenvalue weighted by Gasteiger charge is 2.29. The number of amides is 1. The zero-order valence-electron chi connectivity index (χ0n) is 21.0. The number of likely N-dealkylation sites (tertiary alicyclic amines) is 1. The fourth-order valence-corrected chi connectivity index (χ4v) is 5.54. The molecule has 3 aliphatic rings. The summed E-state index contributed by atoms with van der Waals surface area (Å²) < 4.78 is 1.89. The van der Waals surface area contributed by atoms with Crippen molar-refractivity contribution in [2.75, 3.05) is 19.6 Å². The molecule has 0 aromatic carbocycles. The van der Waals surface area contributed by atoms with Gasteiger partial charge in [0.2, 0.25) is 0 Å². The van der Waals surface area contributed by atoms with Gasteiger partial charge in [-0.3, -0.25) is 14.7 Å². The molecule has 0 aliphatic carbocycles. The number of nitrogens with zero attached hydrogens (tertiary/aromatic N) is 5. The van der Waals surface area contributed by atoms with Crippen LogP contribution in [0.2, 0.25) is 0 Å². The standard InChI is InChI=1S/C28H35N5O/c1-6-31-11-9-22(10-12-31)23-13-19(3)26-8-7-18(2)24(14-28(34)32(26)17-23)25-15-27-21(5)29-20(4)16-33(27)30-25/h8,13-18,22H,6-7,9-12H2,1-5H3. The lowest BCUT2D eigenvalue weighted by atomic mass is 9.85. The molecule has 1 saturated heterocycles. The first-order valence-corrected chi connectivity index (χ1v) is 12.6. The van der Waals surface area contributed by atoms with E-state index in [0.29, 0.717) is 5.92 Å². The fourth-order valence-electron chi connectivity index (χ4n) is 5.54. The Labute approximate surface area is 202 Å². The topological polar surface area (TPSA) is 53.7 Å². The van der Waals surface area contributed by atoms with Crippen LogP contribution in [0.4, 0.5) is 0 Å². The molecular formula is C28H35N5O. The lowest BCUT2D eigenvalue weighted by molar-refractivity contribution is -0.122. The van der Waals surface area contributed by atoms with Crippen LogP contribution in [0.3, 0.4) is 0 Å². The number of rotatable bonds is 3. The van der Waals surface area contributed by atoms with Gasteiger partial charge in [-0.25, -0.2) is 4.52 Å². The van der Waals surface area contributed by atoms with Gasteiger partial charge in [0.05, 0.1) is 28.8 Å². The minimum Gasteiger partial charge on any atom is -0.304 e. The molecule has 1 unspecified atom stereocenters. The van der Waals surface area contributed by atoms with E-state index in [0.717, 1.165) is 72.8 Å². The van der Waals surface area contributed by atoms with Crippen LogP contribution in [0, 0.1) is 25.7 Å². The number of hydrogen-bond donors (Lipinski definition) is 0. The Hall–Kier alpha value is -2.99. The van der Waals surface area contributed by atoms with Gasteiger partial charge >= 0.3 is 0 Å². The zero-order valence-corrected chi connectivity index (χ0v) is 21.0. The second-order valence-corrected chi connectivity index (χ2v) is 10.0. The smallest absolute Gasteiger partial charge is 0.255 e. The van der Waals surface area contributed by atoms with Gasteiger partial charge in [-0.05, 0) is 94.3 Å². The lowest BCUT2D eigenvalue weighted by Crippen LogP contribution is -2.35. The molecule has 2 aromatic heterocycles. The maximum Gasteiger partial charge on any atom is 0.255 e. The first-order chi connectivity index (χ1) is 16.3. The van der Waals surface area contributed by atoms with Crippen molar-refractivity contribution in [3.05, 3.63) is 70.6 Å². The van der Waals surface area contributed by atoms with Crippen LogP contribution in [-0.2, 0) is 4.79 Å². The minimum atomic E-state index is 0.00632. The summed E-state index contributed by atoms with van der Waals surface area (Å²) >= 11 is 0. The van der Waals surface area contributed by atoms with Crippen molar-refractivity contribution in [2.45, 2.75) is 53.9 Å². The largest absolute Gasteiger partial charge is 0.304 e. The Morgan fingerprint density at radius 1 is 1.12 bits per heavy atom. The summed E-state index contributed by atoms with van der Waals surface area (Å²) in [5, 5.41) is 4.82. The van der Waals surface area contributed by atoms with Crippen molar-refractivity contribution >= 4 is 17.0 Å². The van der Waals surface area contributed by atoms with Gasteiger partial charge in [0.25, 0.3) is 5.91 Å². The molecule has 5 rings (SSSR count). The quantitative estimate of drug-likeness (QED) is 0.647. The number of carbonyl (C=O) groups excluding carboxylic acids is 1. The summed E-state index contributed by atoms with van der Waals surface area (Å²) in [6.45, 7) is 13.9. The molecule has 0 spiro atoms. The molecule has 5 heterocycles. The fraction of sp³-hybridized carbons (Fsp3) is 0.464. The van der Waals surface area contributed by atoms with Crippen LogP contribution in [0.1, 0.15) is 57.1 Å². The van der Waals surface area contributed by atoms with E-state index in [2.05, 4.69) is 55.1 Å². The van der Waals surface area contributed by atoms with Crippen molar-refractivity contribution in [1.82, 2.24) is 24.4 Å². The lowest BCUT2D eigenvalue weighted by Gasteiger charge is -2.35. The number of hydrogen-bond acceptors (Lipinski definition) is 4. The Balaban J connectivity index is 1.48. The highest BCUT2D eigenvalue weighted by atomic mass is 16.2. The van der Waals surface area contributed by atoms with Crippen LogP contribution in [0.25, 0.3) is 11.1 Å². The van der Waals surface area contributed by atoms with Crippen molar-refractivity contribution < 1.29 is 4.79 Å². The number of piperidine rings is 1. The Kier molecular flexibility index (Phi) is 6.02. The highest BCUT2D eigenvalue weighted by Crippen LogP contribution is 2.36. The summed E-state index contributed by atoms with van der Waals surface area (Å²) in [7, 11) is 0. The summed E-state index contributed by atoms with van der Waals surface area (Å²) in [5.74, 6) is 0.707. The van der Waals surface area contributed by atoms with Gasteiger partial charge in [-0.1, -0.05) is 26.0 Å². The van der Waals surface area contributed by atoms with Gasteiger partial charge in [0, 0.05) is 18.0 Å². The van der Waals surface area contributed by atoms with E-state index in [1.807, 2.05) is 35.5 Å². The van der Waals surface area contributed by atoms with Gasteiger partial charge < -0.3 is 4.90 Å². The minimum absolute atomic E-state index is 0.00632. The van der Waals surface area contributed by atoms with Crippen LogP contribution in [0.5, 0.6) is 0 Å². The van der Waals surface area contributed by atoms with Gasteiger partial charge in [0.1, 0.15) is 0 Å². The van der Waals surface area contributed by atoms with Crippen molar-refractivity contribution in [3.8, 4) is 0 Å². The molecule has 0 saturated carbocycles. The number of allylic oxidation sites excluding steroid dienone is 5. The molecule has 3 aliphatic heterocycles. The average molecular weight is 458 g/mol. The molecule has 6 nitrogen and oxygen atoms in total. The number of aryl methyl sites for hydroxylation is 2. The molecular weight excluding hydrogens is 422 g/mol. The Bertz CT molecular complexity index is 1250. The summed E-state index contributed by atoms with van der Waals surface area (Å²) in [4.78, 5) is 22.6. The normalized spacial score (nSPS) is 22.6. The van der Waals surface area contributed by atoms with E-state index >= 15 is 0 Å². The van der Waals surface area contributed by atoms with Gasteiger partial charge in [-0.15, -0.1) is 0 Å². The predicted molar refractivity (Wildman–Crippen MR) is 136 cm³/mol. The van der Waals surface area contributed by atoms with E-state index in [1.54, 1.807) is 0 Å². The second kappa shape index (κ2) is 8.99. The van der Waals surface area contributed by atoms with Crippen LogP contribution in [-0.4, -0.2) is 49.9 Å². The maximum absolute atomic E-state index is 13.6. The van der Waals surface area contributed by atoms with Crippen LogP contribution < -0.4 is 0 Å². The molecule has 2 aromatic rings. The molecule has 0 radical (unpaired) electrons. The first-order valence-electron chi connectivity index (χ1n) is 12.6. The molecule has 1 amide bonds. The molecule has 178 valence electrons. The summed E-state index contributed by atoms with van der Waals surface area (Å²) in [5.41, 5.74) is 8.19. The van der Waals surface area contributed by atoms with Crippen LogP contribution in [0.15, 0.2) is 53.5 Å². The molecule has 0 N–H and O–H groups in total. The van der Waals surface area contributed by atoms with E-state index in [-0.39, 0.29) is 11.8 Å². The molecule has 1 fully saturated rings. The molecule has 34 heavy (non-hydrogen) atoms. The van der Waals surface area contributed by atoms with E-state index in [1.165, 1.54) is 11.1 Å². The van der Waals surface area contributed by atoms with E-state index in [9.17, 15) is 4.79 Å². The number of aromatic nitrogens is 3. The third-order valence-electron chi connectivity index (χ3n) is 7.60. The Morgan fingerprint density at radius 2 is 1.88 bits per heavy atom. The second-order valence-electron chi connectivity index (χ2n) is 10.0. The SMILES string of the molecule is CCN1CCC(C2=CN3C(=O)C=C(c4cc5c(C)nc(C)cn5n4)C(C)CC=C3C(C)=C2)CC1. The first kappa shape index (κ1) is 22.8. The Morgan fingerprint density at radius 3 is 2.62 bits per heavy atom. The third kappa shape index (κ3) is 4.16.